The maximum absolute atomic E-state index is 8.97. The number of benzene rings is 1. The lowest BCUT2D eigenvalue weighted by atomic mass is 10.1. The number of rotatable bonds is 4. The summed E-state index contributed by atoms with van der Waals surface area (Å²) in [7, 11) is -1.68. The highest BCUT2D eigenvalue weighted by atomic mass is 32.3. The Balaban J connectivity index is 2.91. The molecule has 1 aromatic rings. The molecule has 2 N–H and O–H groups in total. The van der Waals surface area contributed by atoms with Gasteiger partial charge >= 0.3 is 0 Å². The molecule has 0 radical (unpaired) electrons. The van der Waals surface area contributed by atoms with E-state index in [0.29, 0.717) is 11.3 Å². The van der Waals surface area contributed by atoms with Crippen LogP contribution in [0.1, 0.15) is 5.56 Å². The summed E-state index contributed by atoms with van der Waals surface area (Å²) < 4.78 is 27.3. The van der Waals surface area contributed by atoms with Crippen LogP contribution in [0.3, 0.4) is 0 Å². The van der Waals surface area contributed by atoms with E-state index in [1.807, 2.05) is 0 Å². The van der Waals surface area contributed by atoms with Crippen molar-refractivity contribution >= 4 is 16.6 Å². The molecule has 1 aromatic carbocycles. The van der Waals surface area contributed by atoms with Crippen LogP contribution in [-0.2, 0) is 4.28 Å². The van der Waals surface area contributed by atoms with Gasteiger partial charge in [0.2, 0.25) is 0 Å². The lowest BCUT2D eigenvalue weighted by molar-refractivity contribution is 0.282. The zero-order valence-corrected chi connectivity index (χ0v) is 10.1. The van der Waals surface area contributed by atoms with E-state index in [0.717, 1.165) is 6.26 Å². The van der Waals surface area contributed by atoms with Crippen molar-refractivity contribution in [1.29, 1.82) is 5.26 Å². The average Bonchev–Trinajstić information content (AvgIpc) is 2.29. The number of nitriles is 1. The van der Waals surface area contributed by atoms with Crippen molar-refractivity contribution in [1.82, 2.24) is 0 Å². The standard InChI is InChI=1S/C10H12N2O4S/c1-15-9-5-3-8(4-6-9)10(7-11)12-16-17(2,13)14/h3-6,13-14H,1-2H3/b12-10+. The SMILES string of the molecule is COc1ccc(/C(C#N)=N/OS(C)(O)O)cc1. The second-order valence-corrected chi connectivity index (χ2v) is 4.79. The van der Waals surface area contributed by atoms with Crippen LogP contribution in [0.4, 0.5) is 0 Å². The Morgan fingerprint density at radius 2 is 1.94 bits per heavy atom. The van der Waals surface area contributed by atoms with Gasteiger partial charge in [-0.2, -0.15) is 5.26 Å². The summed E-state index contributed by atoms with van der Waals surface area (Å²) in [6.45, 7) is 0. The van der Waals surface area contributed by atoms with Gasteiger partial charge in [-0.25, -0.2) is 0 Å². The van der Waals surface area contributed by atoms with Gasteiger partial charge < -0.3 is 4.74 Å². The monoisotopic (exact) mass is 256 g/mol. The molecule has 0 unspecified atom stereocenters. The second-order valence-electron chi connectivity index (χ2n) is 3.12. The normalized spacial score (nSPS) is 12.8. The van der Waals surface area contributed by atoms with E-state index >= 15 is 0 Å². The van der Waals surface area contributed by atoms with Crippen molar-refractivity contribution in [3.8, 4) is 11.8 Å². The third-order valence-corrected chi connectivity index (χ3v) is 2.10. The summed E-state index contributed by atoms with van der Waals surface area (Å²) in [5.74, 6) is 0.645. The lowest BCUT2D eigenvalue weighted by Gasteiger charge is -2.16. The Bertz CT molecular complexity index is 445. The molecule has 0 aliphatic carbocycles. The van der Waals surface area contributed by atoms with Gasteiger partial charge in [-0.05, 0) is 24.3 Å². The molecule has 0 atom stereocenters. The van der Waals surface area contributed by atoms with Gasteiger partial charge in [-0.3, -0.25) is 13.4 Å². The van der Waals surface area contributed by atoms with Crippen molar-refractivity contribution in [3.05, 3.63) is 29.8 Å². The van der Waals surface area contributed by atoms with Crippen LogP contribution in [-0.4, -0.2) is 28.2 Å². The predicted octanol–water partition coefficient (Wildman–Crippen LogP) is 2.23. The quantitative estimate of drug-likeness (QED) is 0.636. The molecule has 7 heteroatoms. The molecule has 0 aliphatic heterocycles. The van der Waals surface area contributed by atoms with Crippen LogP contribution < -0.4 is 4.74 Å². The van der Waals surface area contributed by atoms with Gasteiger partial charge in [0.15, 0.2) is 16.6 Å². The van der Waals surface area contributed by atoms with Crippen molar-refractivity contribution in [2.24, 2.45) is 5.16 Å². The fourth-order valence-corrected chi connectivity index (χ4v) is 1.21. The predicted molar refractivity (Wildman–Crippen MR) is 65.0 cm³/mol. The molecular formula is C10H12N2O4S. The van der Waals surface area contributed by atoms with Gasteiger partial charge in [-0.1, -0.05) is 5.16 Å². The highest BCUT2D eigenvalue weighted by molar-refractivity contribution is 8.19. The molecule has 0 aromatic heterocycles. The Labute approximate surface area is 101 Å². The zero-order chi connectivity index (χ0) is 12.9. The zero-order valence-electron chi connectivity index (χ0n) is 9.32. The summed E-state index contributed by atoms with van der Waals surface area (Å²) in [6.07, 6.45) is 1.07. The molecule has 0 amide bonds. The molecule has 0 spiro atoms. The fourth-order valence-electron chi connectivity index (χ4n) is 0.994. The van der Waals surface area contributed by atoms with E-state index in [9.17, 15) is 0 Å². The van der Waals surface area contributed by atoms with Gasteiger partial charge in [-0.15, -0.1) is 0 Å². The minimum absolute atomic E-state index is 0.0468. The smallest absolute Gasteiger partial charge is 0.188 e. The first-order valence-corrected chi connectivity index (χ1v) is 6.38. The number of hydrogen-bond acceptors (Lipinski definition) is 6. The third kappa shape index (κ3) is 4.32. The fraction of sp³-hybridized carbons (Fsp3) is 0.200. The van der Waals surface area contributed by atoms with E-state index in [-0.39, 0.29) is 5.71 Å². The molecule has 17 heavy (non-hydrogen) atoms. The van der Waals surface area contributed by atoms with Crippen molar-refractivity contribution in [3.63, 3.8) is 0 Å². The highest BCUT2D eigenvalue weighted by Gasteiger charge is 2.11. The first-order valence-electron chi connectivity index (χ1n) is 4.50. The molecule has 1 rings (SSSR count). The van der Waals surface area contributed by atoms with E-state index < -0.39 is 10.9 Å². The van der Waals surface area contributed by atoms with Gasteiger partial charge in [0.1, 0.15) is 11.8 Å². The summed E-state index contributed by atoms with van der Waals surface area (Å²) in [5.41, 5.74) is 0.450. The minimum atomic E-state index is -3.21. The topological polar surface area (TPSA) is 95.1 Å². The molecule has 0 heterocycles. The van der Waals surface area contributed by atoms with Crippen LogP contribution in [0.2, 0.25) is 0 Å². The Hall–Kier alpha value is -1.75. The van der Waals surface area contributed by atoms with Crippen LogP contribution in [0, 0.1) is 11.3 Å². The van der Waals surface area contributed by atoms with Crippen LogP contribution in [0.15, 0.2) is 29.4 Å². The van der Waals surface area contributed by atoms with Crippen molar-refractivity contribution in [2.75, 3.05) is 13.4 Å². The molecule has 0 aliphatic rings. The molecule has 6 nitrogen and oxygen atoms in total. The van der Waals surface area contributed by atoms with Crippen LogP contribution in [0.25, 0.3) is 0 Å². The highest BCUT2D eigenvalue weighted by Crippen LogP contribution is 2.34. The van der Waals surface area contributed by atoms with Crippen molar-refractivity contribution in [2.45, 2.75) is 0 Å². The maximum Gasteiger partial charge on any atom is 0.188 e. The molecular weight excluding hydrogens is 244 g/mol. The number of methoxy groups -OCH3 is 1. The average molecular weight is 256 g/mol. The number of hydrogen-bond donors (Lipinski definition) is 2. The van der Waals surface area contributed by atoms with Gasteiger partial charge in [0, 0.05) is 11.8 Å². The van der Waals surface area contributed by atoms with Gasteiger partial charge in [0.25, 0.3) is 0 Å². The maximum atomic E-state index is 8.97. The van der Waals surface area contributed by atoms with Crippen LogP contribution >= 0.6 is 10.9 Å². The summed E-state index contributed by atoms with van der Waals surface area (Å²) >= 11 is 0. The van der Waals surface area contributed by atoms with Crippen LogP contribution in [0.5, 0.6) is 5.75 Å². The van der Waals surface area contributed by atoms with Crippen molar-refractivity contribution < 1.29 is 18.1 Å². The number of oxime groups is 1. The molecule has 92 valence electrons. The summed E-state index contributed by atoms with van der Waals surface area (Å²) in [5, 5.41) is 12.2. The van der Waals surface area contributed by atoms with E-state index in [1.54, 1.807) is 30.3 Å². The lowest BCUT2D eigenvalue weighted by Crippen LogP contribution is -2.01. The Morgan fingerprint density at radius 1 is 1.35 bits per heavy atom. The first kappa shape index (κ1) is 13.3. The third-order valence-electron chi connectivity index (χ3n) is 1.74. The molecule has 0 fully saturated rings. The minimum Gasteiger partial charge on any atom is -0.497 e. The Kier molecular flexibility index (Phi) is 4.34. The van der Waals surface area contributed by atoms with E-state index in [1.165, 1.54) is 7.11 Å². The summed E-state index contributed by atoms with van der Waals surface area (Å²) in [6, 6.07) is 8.35. The summed E-state index contributed by atoms with van der Waals surface area (Å²) in [4.78, 5) is 0. The Morgan fingerprint density at radius 3 is 2.35 bits per heavy atom. The first-order chi connectivity index (χ1) is 7.96. The molecule has 0 saturated carbocycles. The molecule has 0 bridgehead atoms. The number of ether oxygens (including phenoxy) is 1. The van der Waals surface area contributed by atoms with Gasteiger partial charge in [0.05, 0.1) is 7.11 Å². The second kappa shape index (κ2) is 5.54. The largest absolute Gasteiger partial charge is 0.497 e. The van der Waals surface area contributed by atoms with E-state index in [2.05, 4.69) is 9.44 Å². The van der Waals surface area contributed by atoms with E-state index in [4.69, 9.17) is 19.1 Å². The number of nitrogens with zero attached hydrogens (tertiary/aromatic N) is 2. The molecule has 0 saturated heterocycles.